The second kappa shape index (κ2) is 6.82. The normalized spacial score (nSPS) is 11.4. The van der Waals surface area contributed by atoms with Crippen molar-refractivity contribution in [3.05, 3.63) is 70.9 Å². The van der Waals surface area contributed by atoms with E-state index in [4.69, 9.17) is 16.3 Å². The van der Waals surface area contributed by atoms with Crippen molar-refractivity contribution in [2.75, 3.05) is 6.26 Å². The van der Waals surface area contributed by atoms with Crippen molar-refractivity contribution >= 4 is 38.3 Å². The fraction of sp³-hybridized carbons (Fsp3) is 0.111. The topological polar surface area (TPSA) is 73.3 Å². The second-order valence-corrected chi connectivity index (χ2v) is 7.88. The standard InChI is InChI=1S/C18H14ClNO4S/c1-25(22,23)16-10-13(7-8-15(16)19)18(21)24-11-14-5-2-4-12-6-3-9-20-17(12)14/h2-10H,11H2,1H3. The van der Waals surface area contributed by atoms with Crippen LogP contribution < -0.4 is 0 Å². The van der Waals surface area contributed by atoms with Gasteiger partial charge in [0.25, 0.3) is 0 Å². The van der Waals surface area contributed by atoms with E-state index >= 15 is 0 Å². The van der Waals surface area contributed by atoms with Crippen LogP contribution in [-0.2, 0) is 21.2 Å². The van der Waals surface area contributed by atoms with Crippen LogP contribution >= 0.6 is 11.6 Å². The van der Waals surface area contributed by atoms with E-state index in [9.17, 15) is 13.2 Å². The van der Waals surface area contributed by atoms with Gasteiger partial charge in [0, 0.05) is 23.4 Å². The molecule has 0 aliphatic rings. The molecule has 1 heterocycles. The highest BCUT2D eigenvalue weighted by atomic mass is 35.5. The van der Waals surface area contributed by atoms with E-state index in [-0.39, 0.29) is 22.1 Å². The number of halogens is 1. The number of esters is 1. The van der Waals surface area contributed by atoms with Gasteiger partial charge in [-0.3, -0.25) is 4.98 Å². The third kappa shape index (κ3) is 3.81. The van der Waals surface area contributed by atoms with Crippen LogP contribution in [0.15, 0.2) is 59.6 Å². The van der Waals surface area contributed by atoms with Crippen LogP contribution in [0.5, 0.6) is 0 Å². The lowest BCUT2D eigenvalue weighted by atomic mass is 10.1. The summed E-state index contributed by atoms with van der Waals surface area (Å²) in [6.45, 7) is 0.0318. The first kappa shape index (κ1) is 17.4. The molecule has 0 radical (unpaired) electrons. The number of sulfone groups is 1. The summed E-state index contributed by atoms with van der Waals surface area (Å²) in [6, 6.07) is 13.4. The lowest BCUT2D eigenvalue weighted by Crippen LogP contribution is -2.08. The molecule has 0 aliphatic carbocycles. The zero-order valence-electron chi connectivity index (χ0n) is 13.3. The molecule has 3 aromatic rings. The number of aromatic nitrogens is 1. The minimum Gasteiger partial charge on any atom is -0.457 e. The van der Waals surface area contributed by atoms with Crippen LogP contribution in [0.1, 0.15) is 15.9 Å². The lowest BCUT2D eigenvalue weighted by Gasteiger charge is -2.09. The predicted octanol–water partition coefficient (Wildman–Crippen LogP) is 3.65. The molecule has 7 heteroatoms. The van der Waals surface area contributed by atoms with E-state index in [1.165, 1.54) is 18.2 Å². The summed E-state index contributed by atoms with van der Waals surface area (Å²) in [5.41, 5.74) is 1.65. The zero-order chi connectivity index (χ0) is 18.0. The minimum absolute atomic E-state index is 0.0318. The molecule has 0 spiro atoms. The van der Waals surface area contributed by atoms with Crippen LogP contribution in [0.4, 0.5) is 0 Å². The highest BCUT2D eigenvalue weighted by Crippen LogP contribution is 2.23. The van der Waals surface area contributed by atoms with E-state index in [1.54, 1.807) is 6.20 Å². The summed E-state index contributed by atoms with van der Waals surface area (Å²) >= 11 is 5.88. The molecule has 128 valence electrons. The third-order valence-electron chi connectivity index (χ3n) is 3.64. The van der Waals surface area contributed by atoms with Crippen molar-refractivity contribution < 1.29 is 17.9 Å². The summed E-state index contributed by atoms with van der Waals surface area (Å²) in [7, 11) is -3.54. The molecular weight excluding hydrogens is 362 g/mol. The Hall–Kier alpha value is -2.44. The average Bonchev–Trinajstić information content (AvgIpc) is 2.59. The maximum Gasteiger partial charge on any atom is 0.338 e. The van der Waals surface area contributed by atoms with Gasteiger partial charge in [-0.15, -0.1) is 0 Å². The average molecular weight is 376 g/mol. The Morgan fingerprint density at radius 2 is 1.92 bits per heavy atom. The van der Waals surface area contributed by atoms with Crippen molar-refractivity contribution in [3.8, 4) is 0 Å². The molecular formula is C18H14ClNO4S. The quantitative estimate of drug-likeness (QED) is 0.651. The fourth-order valence-electron chi connectivity index (χ4n) is 2.42. The Morgan fingerprint density at radius 3 is 2.68 bits per heavy atom. The van der Waals surface area contributed by atoms with E-state index in [2.05, 4.69) is 4.98 Å². The Bertz CT molecular complexity index is 1060. The van der Waals surface area contributed by atoms with Crippen LogP contribution in [0.25, 0.3) is 10.9 Å². The first-order chi connectivity index (χ1) is 11.9. The van der Waals surface area contributed by atoms with Crippen molar-refractivity contribution in [1.29, 1.82) is 0 Å². The van der Waals surface area contributed by atoms with Crippen molar-refractivity contribution in [3.63, 3.8) is 0 Å². The number of carbonyl (C=O) groups is 1. The van der Waals surface area contributed by atoms with E-state index in [0.29, 0.717) is 0 Å². The summed E-state index contributed by atoms with van der Waals surface area (Å²) < 4.78 is 28.7. The molecule has 0 unspecified atom stereocenters. The van der Waals surface area contributed by atoms with Gasteiger partial charge in [-0.05, 0) is 24.3 Å². The maximum atomic E-state index is 12.3. The number of pyridine rings is 1. The molecule has 25 heavy (non-hydrogen) atoms. The number of fused-ring (bicyclic) bond motifs is 1. The zero-order valence-corrected chi connectivity index (χ0v) is 14.8. The lowest BCUT2D eigenvalue weighted by molar-refractivity contribution is 0.0474. The van der Waals surface area contributed by atoms with Gasteiger partial charge in [0.15, 0.2) is 9.84 Å². The van der Waals surface area contributed by atoms with Gasteiger partial charge >= 0.3 is 5.97 Å². The smallest absolute Gasteiger partial charge is 0.338 e. The summed E-state index contributed by atoms with van der Waals surface area (Å²) in [4.78, 5) is 16.5. The summed E-state index contributed by atoms with van der Waals surface area (Å²) in [6.07, 6.45) is 2.70. The second-order valence-electron chi connectivity index (χ2n) is 5.49. The maximum absolute atomic E-state index is 12.3. The molecule has 1 aromatic heterocycles. The Balaban J connectivity index is 1.83. The highest BCUT2D eigenvalue weighted by molar-refractivity contribution is 7.90. The molecule has 0 bridgehead atoms. The number of benzene rings is 2. The number of hydrogen-bond donors (Lipinski definition) is 0. The van der Waals surface area contributed by atoms with E-state index in [1.807, 2.05) is 30.3 Å². The molecule has 5 nitrogen and oxygen atoms in total. The van der Waals surface area contributed by atoms with Gasteiger partial charge in [-0.2, -0.15) is 0 Å². The number of hydrogen-bond acceptors (Lipinski definition) is 5. The van der Waals surface area contributed by atoms with Gasteiger partial charge in [0.1, 0.15) is 6.61 Å². The number of ether oxygens (including phenoxy) is 1. The Labute approximate surface area is 150 Å². The number of para-hydroxylation sites is 1. The van der Waals surface area contributed by atoms with Crippen LogP contribution in [0.3, 0.4) is 0 Å². The first-order valence-electron chi connectivity index (χ1n) is 7.35. The van der Waals surface area contributed by atoms with Gasteiger partial charge < -0.3 is 4.74 Å². The third-order valence-corrected chi connectivity index (χ3v) is 5.22. The molecule has 0 fully saturated rings. The molecule has 0 N–H and O–H groups in total. The number of carbonyl (C=O) groups excluding carboxylic acids is 1. The van der Waals surface area contributed by atoms with Gasteiger partial charge in [-0.1, -0.05) is 35.9 Å². The summed E-state index contributed by atoms with van der Waals surface area (Å²) in [5.74, 6) is -0.630. The molecule has 0 aliphatic heterocycles. The molecule has 0 saturated carbocycles. The minimum atomic E-state index is -3.54. The van der Waals surface area contributed by atoms with Gasteiger partial charge in [0.2, 0.25) is 0 Å². The SMILES string of the molecule is CS(=O)(=O)c1cc(C(=O)OCc2cccc3cccnc23)ccc1Cl. The van der Waals surface area contributed by atoms with Crippen molar-refractivity contribution in [2.45, 2.75) is 11.5 Å². The van der Waals surface area contributed by atoms with Gasteiger partial charge in [0.05, 0.1) is 21.0 Å². The van der Waals surface area contributed by atoms with Crippen molar-refractivity contribution in [1.82, 2.24) is 4.98 Å². The fourth-order valence-corrected chi connectivity index (χ4v) is 3.73. The molecule has 0 saturated heterocycles. The van der Waals surface area contributed by atoms with E-state index < -0.39 is 15.8 Å². The molecule has 2 aromatic carbocycles. The van der Waals surface area contributed by atoms with Crippen LogP contribution in [0, 0.1) is 0 Å². The first-order valence-corrected chi connectivity index (χ1v) is 9.62. The number of rotatable bonds is 4. The molecule has 0 atom stereocenters. The largest absolute Gasteiger partial charge is 0.457 e. The highest BCUT2D eigenvalue weighted by Gasteiger charge is 2.17. The van der Waals surface area contributed by atoms with E-state index in [0.717, 1.165) is 22.7 Å². The van der Waals surface area contributed by atoms with Gasteiger partial charge in [-0.25, -0.2) is 13.2 Å². The van der Waals surface area contributed by atoms with Crippen LogP contribution in [-0.4, -0.2) is 25.6 Å². The monoisotopic (exact) mass is 375 g/mol. The Kier molecular flexibility index (Phi) is 4.74. The Morgan fingerprint density at radius 1 is 1.16 bits per heavy atom. The van der Waals surface area contributed by atoms with Crippen LogP contribution in [0.2, 0.25) is 5.02 Å². The van der Waals surface area contributed by atoms with Crippen molar-refractivity contribution in [2.24, 2.45) is 0 Å². The number of nitrogens with zero attached hydrogens (tertiary/aromatic N) is 1. The predicted molar refractivity (Wildman–Crippen MR) is 95.4 cm³/mol. The molecule has 3 rings (SSSR count). The molecule has 0 amide bonds. The summed E-state index contributed by atoms with van der Waals surface area (Å²) in [5, 5.41) is 1.01.